The fourth-order valence-electron chi connectivity index (χ4n) is 1.62. The third-order valence-electron chi connectivity index (χ3n) is 2.76. The first-order valence-electron chi connectivity index (χ1n) is 4.62. The van der Waals surface area contributed by atoms with Gasteiger partial charge in [0.2, 0.25) is 0 Å². The third kappa shape index (κ3) is 1.83. The average Bonchev–Trinajstić information content (AvgIpc) is 2.28. The fraction of sp³-hybridized carbons (Fsp3) is 0.600. The summed E-state index contributed by atoms with van der Waals surface area (Å²) in [7, 11) is 0. The lowest BCUT2D eigenvalue weighted by molar-refractivity contribution is 0.0649. The number of aryl methyl sites for hydroxylation is 1. The number of hydrogen-bond acceptors (Lipinski definition) is 2. The lowest BCUT2D eigenvalue weighted by Crippen LogP contribution is -2.19. The molecule has 0 radical (unpaired) electrons. The molecule has 2 rings (SSSR count). The van der Waals surface area contributed by atoms with Crippen LogP contribution in [0.3, 0.4) is 0 Å². The molecule has 0 saturated heterocycles. The van der Waals surface area contributed by atoms with Crippen molar-refractivity contribution in [3.63, 3.8) is 0 Å². The Morgan fingerprint density at radius 1 is 1.62 bits per heavy atom. The molecule has 1 N–H and O–H groups in total. The largest absolute Gasteiger partial charge is 0.387 e. The Balaban J connectivity index is 2.14. The van der Waals surface area contributed by atoms with Crippen molar-refractivity contribution >= 4 is 27.3 Å². The summed E-state index contributed by atoms with van der Waals surface area (Å²) in [5.41, 5.74) is 1.23. The second-order valence-corrected chi connectivity index (χ2v) is 6.14. The molecule has 3 heteroatoms. The first-order chi connectivity index (χ1) is 6.18. The van der Waals surface area contributed by atoms with Gasteiger partial charge in [-0.15, -0.1) is 11.3 Å². The van der Waals surface area contributed by atoms with E-state index in [1.165, 1.54) is 24.8 Å². The molecule has 0 spiro atoms. The molecule has 0 aliphatic heterocycles. The van der Waals surface area contributed by atoms with Crippen LogP contribution in [0.15, 0.2) is 9.85 Å². The molecule has 1 nitrogen and oxygen atoms in total. The van der Waals surface area contributed by atoms with E-state index in [1.807, 2.05) is 0 Å². The van der Waals surface area contributed by atoms with Crippen LogP contribution in [0.4, 0.5) is 0 Å². The number of thiophene rings is 1. The van der Waals surface area contributed by atoms with Crippen LogP contribution in [0.2, 0.25) is 0 Å². The van der Waals surface area contributed by atoms with E-state index in [1.54, 1.807) is 11.3 Å². The van der Waals surface area contributed by atoms with Crippen molar-refractivity contribution in [3.05, 3.63) is 20.3 Å². The zero-order chi connectivity index (χ0) is 9.42. The summed E-state index contributed by atoms with van der Waals surface area (Å²) in [5.74, 6) is 0.518. The average molecular weight is 261 g/mol. The Bertz CT molecular complexity index is 284. The molecule has 0 bridgehead atoms. The zero-order valence-electron chi connectivity index (χ0n) is 7.59. The van der Waals surface area contributed by atoms with Crippen molar-refractivity contribution in [3.8, 4) is 0 Å². The topological polar surface area (TPSA) is 20.2 Å². The predicted molar refractivity (Wildman–Crippen MR) is 59.1 cm³/mol. The van der Waals surface area contributed by atoms with Gasteiger partial charge < -0.3 is 5.11 Å². The smallest absolute Gasteiger partial charge is 0.0910 e. The molecule has 1 saturated carbocycles. The molecule has 1 atom stereocenters. The van der Waals surface area contributed by atoms with Crippen LogP contribution in [0.5, 0.6) is 0 Å². The molecule has 1 aromatic heterocycles. The van der Waals surface area contributed by atoms with Crippen LogP contribution in [0, 0.1) is 12.8 Å². The van der Waals surface area contributed by atoms with E-state index in [9.17, 15) is 5.11 Å². The monoisotopic (exact) mass is 260 g/mol. The van der Waals surface area contributed by atoms with Crippen molar-refractivity contribution in [1.29, 1.82) is 0 Å². The summed E-state index contributed by atoms with van der Waals surface area (Å²) in [6.45, 7) is 2.07. The number of hydrogen-bond donors (Lipinski definition) is 1. The van der Waals surface area contributed by atoms with Gasteiger partial charge in [0.25, 0.3) is 0 Å². The van der Waals surface area contributed by atoms with Crippen molar-refractivity contribution < 1.29 is 5.11 Å². The first kappa shape index (κ1) is 9.69. The minimum absolute atomic E-state index is 0.219. The molecule has 1 heterocycles. The maximum absolute atomic E-state index is 9.97. The van der Waals surface area contributed by atoms with E-state index in [4.69, 9.17) is 0 Å². The van der Waals surface area contributed by atoms with Crippen LogP contribution in [0.1, 0.15) is 35.8 Å². The van der Waals surface area contributed by atoms with Crippen molar-refractivity contribution in [2.45, 2.75) is 32.3 Å². The van der Waals surface area contributed by atoms with E-state index < -0.39 is 0 Å². The number of aliphatic hydroxyl groups excluding tert-OH is 1. The summed E-state index contributed by atoms with van der Waals surface area (Å²) in [4.78, 5) is 1.12. The molecular formula is C10H13BrOS. The summed E-state index contributed by atoms with van der Waals surface area (Å²) < 4.78 is 1.15. The van der Waals surface area contributed by atoms with Gasteiger partial charge in [-0.05, 0) is 53.2 Å². The Hall–Kier alpha value is 0.140. The van der Waals surface area contributed by atoms with E-state index in [-0.39, 0.29) is 6.10 Å². The van der Waals surface area contributed by atoms with E-state index in [2.05, 4.69) is 28.9 Å². The van der Waals surface area contributed by atoms with E-state index in [0.717, 1.165) is 8.66 Å². The van der Waals surface area contributed by atoms with Gasteiger partial charge in [0, 0.05) is 4.88 Å². The Labute approximate surface area is 90.9 Å². The molecule has 1 aliphatic carbocycles. The van der Waals surface area contributed by atoms with Crippen molar-refractivity contribution in [2.75, 3.05) is 0 Å². The summed E-state index contributed by atoms with van der Waals surface area (Å²) in [5, 5.41) is 9.97. The van der Waals surface area contributed by atoms with Gasteiger partial charge in [0.05, 0.1) is 9.89 Å². The highest BCUT2D eigenvalue weighted by Crippen LogP contribution is 2.41. The van der Waals surface area contributed by atoms with Gasteiger partial charge in [0.15, 0.2) is 0 Å². The maximum atomic E-state index is 9.97. The van der Waals surface area contributed by atoms with Gasteiger partial charge >= 0.3 is 0 Å². The summed E-state index contributed by atoms with van der Waals surface area (Å²) >= 11 is 5.15. The highest BCUT2D eigenvalue weighted by Gasteiger charge is 2.27. The quantitative estimate of drug-likeness (QED) is 0.861. The van der Waals surface area contributed by atoms with Gasteiger partial charge in [-0.2, -0.15) is 0 Å². The normalized spacial score (nSPS) is 19.9. The Kier molecular flexibility index (Phi) is 2.77. The number of aliphatic hydroxyl groups is 1. The predicted octanol–water partition coefficient (Wildman–Crippen LogP) is 3.65. The molecule has 1 fully saturated rings. The van der Waals surface area contributed by atoms with Crippen LogP contribution in [0.25, 0.3) is 0 Å². The molecule has 1 aliphatic rings. The molecular weight excluding hydrogens is 248 g/mol. The molecule has 0 aromatic carbocycles. The Morgan fingerprint density at radius 3 is 2.69 bits per heavy atom. The van der Waals surface area contributed by atoms with Crippen LogP contribution in [-0.2, 0) is 0 Å². The van der Waals surface area contributed by atoms with E-state index in [0.29, 0.717) is 5.92 Å². The number of rotatable bonds is 2. The minimum Gasteiger partial charge on any atom is -0.387 e. The minimum atomic E-state index is -0.219. The first-order valence-corrected chi connectivity index (χ1v) is 6.23. The van der Waals surface area contributed by atoms with Crippen LogP contribution >= 0.6 is 27.3 Å². The summed E-state index contributed by atoms with van der Waals surface area (Å²) in [6.07, 6.45) is 3.45. The third-order valence-corrected chi connectivity index (χ3v) is 4.97. The molecule has 0 amide bonds. The van der Waals surface area contributed by atoms with Gasteiger partial charge in [-0.1, -0.05) is 6.42 Å². The van der Waals surface area contributed by atoms with Gasteiger partial charge in [-0.25, -0.2) is 0 Å². The molecule has 13 heavy (non-hydrogen) atoms. The second-order valence-electron chi connectivity index (χ2n) is 3.74. The highest BCUT2D eigenvalue weighted by molar-refractivity contribution is 9.11. The number of halogens is 1. The standard InChI is InChI=1S/C10H13BrOS/c1-6-5-8(13-10(6)11)9(12)7-3-2-4-7/h5,7,9,12H,2-4H2,1H3. The Morgan fingerprint density at radius 2 is 2.31 bits per heavy atom. The molecule has 1 unspecified atom stereocenters. The maximum Gasteiger partial charge on any atom is 0.0910 e. The SMILES string of the molecule is Cc1cc(C(O)C2CCC2)sc1Br. The van der Waals surface area contributed by atoms with Crippen molar-refractivity contribution in [1.82, 2.24) is 0 Å². The van der Waals surface area contributed by atoms with Gasteiger partial charge in [0.1, 0.15) is 0 Å². The van der Waals surface area contributed by atoms with Crippen LogP contribution < -0.4 is 0 Å². The van der Waals surface area contributed by atoms with Crippen LogP contribution in [-0.4, -0.2) is 5.11 Å². The van der Waals surface area contributed by atoms with E-state index >= 15 is 0 Å². The fourth-order valence-corrected chi connectivity index (χ4v) is 3.27. The highest BCUT2D eigenvalue weighted by atomic mass is 79.9. The van der Waals surface area contributed by atoms with Crippen molar-refractivity contribution in [2.24, 2.45) is 5.92 Å². The van der Waals surface area contributed by atoms with Gasteiger partial charge in [-0.3, -0.25) is 0 Å². The lowest BCUT2D eigenvalue weighted by atomic mass is 9.80. The molecule has 72 valence electrons. The zero-order valence-corrected chi connectivity index (χ0v) is 9.99. The second kappa shape index (κ2) is 3.71. The molecule has 1 aromatic rings. The lowest BCUT2D eigenvalue weighted by Gasteiger charge is -2.29. The summed E-state index contributed by atoms with van der Waals surface area (Å²) in [6, 6.07) is 2.09.